The molecule has 0 N–H and O–H groups in total. The van der Waals surface area contributed by atoms with Gasteiger partial charge in [0.25, 0.3) is 5.91 Å². The van der Waals surface area contributed by atoms with E-state index in [9.17, 15) is 13.2 Å². The molecule has 40 heavy (non-hydrogen) atoms. The fourth-order valence-corrected chi connectivity index (χ4v) is 6.94. The average molecular weight is 591 g/mol. The van der Waals surface area contributed by atoms with Crippen LogP contribution in [0.15, 0.2) is 100 Å². The summed E-state index contributed by atoms with van der Waals surface area (Å²) in [6.45, 7) is 2.37. The van der Waals surface area contributed by atoms with Crippen molar-refractivity contribution in [2.45, 2.75) is 18.4 Å². The number of fused-ring (bicyclic) bond motifs is 1. The number of hydrogen-bond donors (Lipinski definition) is 0. The van der Waals surface area contributed by atoms with E-state index in [1.807, 2.05) is 66.0 Å². The van der Waals surface area contributed by atoms with Crippen LogP contribution in [0.3, 0.4) is 0 Å². The number of carbonyl (C=O) groups is 1. The van der Waals surface area contributed by atoms with E-state index in [1.165, 1.54) is 56.3 Å². The van der Waals surface area contributed by atoms with Crippen LogP contribution in [0.25, 0.3) is 10.2 Å². The molecule has 0 atom stereocenters. The van der Waals surface area contributed by atoms with Gasteiger partial charge >= 0.3 is 0 Å². The van der Waals surface area contributed by atoms with Gasteiger partial charge in [-0.25, -0.2) is 13.4 Å². The zero-order chi connectivity index (χ0) is 28.1. The van der Waals surface area contributed by atoms with E-state index in [4.69, 9.17) is 4.74 Å². The number of thiophene rings is 1. The number of rotatable bonds is 10. The largest absolute Gasteiger partial charge is 0.497 e. The lowest BCUT2D eigenvalue weighted by atomic mass is 10.2. The number of anilines is 1. The second-order valence-electron chi connectivity index (χ2n) is 8.65. The van der Waals surface area contributed by atoms with Crippen molar-refractivity contribution in [3.63, 3.8) is 0 Å². The molecule has 0 saturated heterocycles. The van der Waals surface area contributed by atoms with Crippen molar-refractivity contribution in [3.8, 4) is 5.75 Å². The highest BCUT2D eigenvalue weighted by Gasteiger charge is 2.25. The number of nitrogens with zero attached hydrogens (tertiary/aromatic N) is 4. The predicted molar refractivity (Wildman–Crippen MR) is 161 cm³/mol. The van der Waals surface area contributed by atoms with E-state index in [0.29, 0.717) is 22.9 Å². The molecule has 0 aliphatic carbocycles. The minimum atomic E-state index is -3.77. The highest BCUT2D eigenvalue weighted by atomic mass is 32.2. The summed E-state index contributed by atoms with van der Waals surface area (Å²) >= 11 is 2.81. The monoisotopic (exact) mass is 590 g/mol. The summed E-state index contributed by atoms with van der Waals surface area (Å²) in [5.74, 6) is 0.257. The summed E-state index contributed by atoms with van der Waals surface area (Å²) in [6, 6.07) is 24.7. The Morgan fingerprint density at radius 3 is 2.48 bits per heavy atom. The molecule has 0 spiro atoms. The van der Waals surface area contributed by atoms with E-state index >= 15 is 0 Å². The lowest BCUT2D eigenvalue weighted by Crippen LogP contribution is -2.30. The van der Waals surface area contributed by atoms with Gasteiger partial charge in [0.2, 0.25) is 15.2 Å². The normalized spacial score (nSPS) is 11.9. The van der Waals surface area contributed by atoms with Crippen molar-refractivity contribution in [2.24, 2.45) is 5.10 Å². The number of ether oxygens (including phenoxy) is 1. The maximum atomic E-state index is 13.7. The van der Waals surface area contributed by atoms with Crippen LogP contribution in [-0.2, 0) is 16.6 Å². The molecule has 5 rings (SSSR count). The first-order valence-electron chi connectivity index (χ1n) is 12.4. The minimum Gasteiger partial charge on any atom is -0.497 e. The Morgan fingerprint density at radius 2 is 1.80 bits per heavy atom. The Bertz CT molecular complexity index is 1730. The van der Waals surface area contributed by atoms with Gasteiger partial charge in [0.15, 0.2) is 0 Å². The summed E-state index contributed by atoms with van der Waals surface area (Å²) < 4.78 is 34.3. The second kappa shape index (κ2) is 12.1. The Morgan fingerprint density at radius 1 is 1.02 bits per heavy atom. The van der Waals surface area contributed by atoms with Gasteiger partial charge in [-0.05, 0) is 59.5 Å². The van der Waals surface area contributed by atoms with Crippen LogP contribution in [-0.4, -0.2) is 43.5 Å². The quantitative estimate of drug-likeness (QED) is 0.141. The van der Waals surface area contributed by atoms with Crippen molar-refractivity contribution in [2.75, 3.05) is 18.7 Å². The second-order valence-corrected chi connectivity index (χ2v) is 12.6. The average Bonchev–Trinajstić information content (AvgIpc) is 3.66. The lowest BCUT2D eigenvalue weighted by Gasteiger charge is -2.21. The van der Waals surface area contributed by atoms with Gasteiger partial charge < -0.3 is 4.74 Å². The van der Waals surface area contributed by atoms with Gasteiger partial charge in [0, 0.05) is 23.5 Å². The first-order chi connectivity index (χ1) is 19.4. The summed E-state index contributed by atoms with van der Waals surface area (Å²) in [5.41, 5.74) is 1.89. The number of thiazole rings is 1. The third-order valence-electron chi connectivity index (χ3n) is 6.10. The van der Waals surface area contributed by atoms with Crippen molar-refractivity contribution < 1.29 is 17.9 Å². The molecule has 11 heteroatoms. The van der Waals surface area contributed by atoms with Crippen LogP contribution in [0.4, 0.5) is 5.13 Å². The predicted octanol–water partition coefficient (Wildman–Crippen LogP) is 6.26. The number of carbonyl (C=O) groups excluding carboxylic acids is 1. The standard InChI is InChI=1S/C29H26N4O4S3/c1-3-32(20-21-8-5-4-6-9-21)40(35,36)25-14-11-22(12-15-25)28(34)33(30-19-24-10-7-17-38-24)29-31-26-16-13-23(37-2)18-27(26)39-29/h4-19H,3,20H2,1-2H3/b30-19+. The molecule has 3 aromatic carbocycles. The number of amides is 1. The Hall–Kier alpha value is -3.90. The minimum absolute atomic E-state index is 0.113. The van der Waals surface area contributed by atoms with Crippen LogP contribution in [0.2, 0.25) is 0 Å². The molecular formula is C29H26N4O4S3. The number of benzene rings is 3. The molecule has 0 aliphatic heterocycles. The summed E-state index contributed by atoms with van der Waals surface area (Å²) in [4.78, 5) is 19.3. The molecule has 2 aromatic heterocycles. The van der Waals surface area contributed by atoms with E-state index in [-0.39, 0.29) is 17.0 Å². The van der Waals surface area contributed by atoms with E-state index in [2.05, 4.69) is 10.1 Å². The van der Waals surface area contributed by atoms with Gasteiger partial charge in [0.05, 0.1) is 28.4 Å². The smallest absolute Gasteiger partial charge is 0.280 e. The summed E-state index contributed by atoms with van der Waals surface area (Å²) in [5, 5.41) is 8.03. The topological polar surface area (TPSA) is 92.2 Å². The van der Waals surface area contributed by atoms with Gasteiger partial charge in [0.1, 0.15) is 5.75 Å². The molecule has 0 saturated carbocycles. The van der Waals surface area contributed by atoms with E-state index in [0.717, 1.165) is 15.1 Å². The summed E-state index contributed by atoms with van der Waals surface area (Å²) in [6.07, 6.45) is 1.61. The molecule has 8 nitrogen and oxygen atoms in total. The Labute approximate surface area is 240 Å². The Balaban J connectivity index is 1.44. The van der Waals surface area contributed by atoms with Crippen LogP contribution >= 0.6 is 22.7 Å². The zero-order valence-electron chi connectivity index (χ0n) is 21.8. The number of sulfonamides is 1. The van der Waals surface area contributed by atoms with Crippen molar-refractivity contribution in [1.82, 2.24) is 9.29 Å². The van der Waals surface area contributed by atoms with Crippen molar-refractivity contribution >= 4 is 60.2 Å². The zero-order valence-corrected chi connectivity index (χ0v) is 24.2. The molecule has 0 unspecified atom stereocenters. The van der Waals surface area contributed by atoms with Crippen LogP contribution < -0.4 is 9.75 Å². The van der Waals surface area contributed by atoms with Crippen LogP contribution in [0.5, 0.6) is 5.75 Å². The molecule has 0 fully saturated rings. The number of aromatic nitrogens is 1. The van der Waals surface area contributed by atoms with Crippen molar-refractivity contribution in [1.29, 1.82) is 0 Å². The maximum Gasteiger partial charge on any atom is 0.280 e. The van der Waals surface area contributed by atoms with Gasteiger partial charge in [-0.3, -0.25) is 4.79 Å². The van der Waals surface area contributed by atoms with Gasteiger partial charge in [-0.1, -0.05) is 54.7 Å². The fraction of sp³-hybridized carbons (Fsp3) is 0.138. The first-order valence-corrected chi connectivity index (χ1v) is 15.5. The third kappa shape index (κ3) is 5.97. The van der Waals surface area contributed by atoms with Crippen LogP contribution in [0, 0.1) is 0 Å². The molecule has 2 heterocycles. The molecule has 0 radical (unpaired) electrons. The molecular weight excluding hydrogens is 565 g/mol. The molecule has 0 bridgehead atoms. The van der Waals surface area contributed by atoms with Gasteiger partial charge in [-0.2, -0.15) is 14.4 Å². The fourth-order valence-electron chi connectivity index (χ4n) is 3.97. The number of hydrogen-bond acceptors (Lipinski definition) is 8. The molecule has 5 aromatic rings. The molecule has 204 valence electrons. The van der Waals surface area contributed by atoms with Gasteiger partial charge in [-0.15, -0.1) is 11.3 Å². The lowest BCUT2D eigenvalue weighted by molar-refractivity contribution is 0.0987. The first kappa shape index (κ1) is 27.7. The van der Waals surface area contributed by atoms with Crippen LogP contribution in [0.1, 0.15) is 27.7 Å². The van der Waals surface area contributed by atoms with Crippen molar-refractivity contribution in [3.05, 3.63) is 106 Å². The summed E-state index contributed by atoms with van der Waals surface area (Å²) in [7, 11) is -2.18. The maximum absolute atomic E-state index is 13.7. The number of methoxy groups -OCH3 is 1. The number of hydrazone groups is 1. The SMILES string of the molecule is CCN(Cc1ccccc1)S(=O)(=O)c1ccc(C(=O)N(/N=C/c2cccs2)c2nc3ccc(OC)cc3s2)cc1. The highest BCUT2D eigenvalue weighted by Crippen LogP contribution is 2.32. The molecule has 0 aliphatic rings. The third-order valence-corrected chi connectivity index (χ3v) is 9.83. The van der Waals surface area contributed by atoms with E-state index < -0.39 is 15.9 Å². The molecule has 1 amide bonds. The Kier molecular flexibility index (Phi) is 8.36. The van der Waals surface area contributed by atoms with E-state index in [1.54, 1.807) is 20.2 Å². The highest BCUT2D eigenvalue weighted by molar-refractivity contribution is 7.89.